The van der Waals surface area contributed by atoms with Gasteiger partial charge >= 0.3 is 6.09 Å². The van der Waals surface area contributed by atoms with Crippen molar-refractivity contribution in [3.05, 3.63) is 83.9 Å². The number of nitrogens with one attached hydrogen (secondary N) is 1. The molecule has 0 unspecified atom stereocenters. The zero-order chi connectivity index (χ0) is 29.1. The lowest BCUT2D eigenvalue weighted by atomic mass is 9.97. The predicted molar refractivity (Wildman–Crippen MR) is 154 cm³/mol. The first-order chi connectivity index (χ1) is 19.4. The highest BCUT2D eigenvalue weighted by Crippen LogP contribution is 2.39. The molecule has 2 aromatic carbocycles. The number of benzene rings is 2. The van der Waals surface area contributed by atoms with Crippen LogP contribution in [0.4, 0.5) is 4.79 Å². The molecule has 212 valence electrons. The van der Waals surface area contributed by atoms with E-state index >= 15 is 0 Å². The molecule has 11 heteroatoms. The van der Waals surface area contributed by atoms with Gasteiger partial charge in [0, 0.05) is 23.7 Å². The largest absolute Gasteiger partial charge is 0.465 e. The minimum atomic E-state index is -3.90. The Morgan fingerprint density at radius 1 is 1.02 bits per heavy atom. The van der Waals surface area contributed by atoms with Gasteiger partial charge in [-0.1, -0.05) is 42.0 Å². The second kappa shape index (κ2) is 9.71. The summed E-state index contributed by atoms with van der Waals surface area (Å²) in [6.07, 6.45) is 4.08. The summed E-state index contributed by atoms with van der Waals surface area (Å²) in [6.45, 7) is 5.35. The van der Waals surface area contributed by atoms with Crippen molar-refractivity contribution in [1.82, 2.24) is 23.7 Å². The molecule has 0 aliphatic heterocycles. The number of rotatable bonds is 6. The Morgan fingerprint density at radius 3 is 2.39 bits per heavy atom. The third kappa shape index (κ3) is 4.74. The Labute approximate surface area is 237 Å². The third-order valence-corrected chi connectivity index (χ3v) is 9.54. The minimum absolute atomic E-state index is 0.0496. The number of amides is 1. The van der Waals surface area contributed by atoms with E-state index in [4.69, 9.17) is 4.98 Å². The van der Waals surface area contributed by atoms with Gasteiger partial charge in [-0.2, -0.15) is 0 Å². The number of aliphatic hydroxyl groups is 1. The van der Waals surface area contributed by atoms with E-state index in [1.54, 1.807) is 50.4 Å². The second-order valence-electron chi connectivity index (χ2n) is 11.2. The van der Waals surface area contributed by atoms with Crippen LogP contribution in [0, 0.1) is 6.92 Å². The average Bonchev–Trinajstić information content (AvgIpc) is 3.65. The highest BCUT2D eigenvalue weighted by molar-refractivity contribution is 7.90. The fourth-order valence-corrected chi connectivity index (χ4v) is 7.00. The van der Waals surface area contributed by atoms with E-state index in [0.29, 0.717) is 29.6 Å². The van der Waals surface area contributed by atoms with Crippen LogP contribution < -0.4 is 5.32 Å². The quantitative estimate of drug-likeness (QED) is 0.259. The Morgan fingerprint density at radius 2 is 1.73 bits per heavy atom. The first-order valence-corrected chi connectivity index (χ1v) is 14.9. The summed E-state index contributed by atoms with van der Waals surface area (Å²) in [4.78, 5) is 21.1. The van der Waals surface area contributed by atoms with Gasteiger partial charge in [0.05, 0.1) is 33.4 Å². The number of hydrogen-bond donors (Lipinski definition) is 3. The van der Waals surface area contributed by atoms with E-state index in [0.717, 1.165) is 28.9 Å². The molecule has 1 aliphatic rings. The third-order valence-electron chi connectivity index (χ3n) is 7.86. The van der Waals surface area contributed by atoms with Gasteiger partial charge in [0.15, 0.2) is 5.65 Å². The lowest BCUT2D eigenvalue weighted by Gasteiger charge is -2.17. The van der Waals surface area contributed by atoms with E-state index in [2.05, 4.69) is 10.3 Å². The maximum Gasteiger partial charge on any atom is 0.404 e. The summed E-state index contributed by atoms with van der Waals surface area (Å²) in [5.41, 5.74) is 3.82. The number of fused-ring (bicyclic) bond motifs is 3. The molecule has 5 aromatic rings. The van der Waals surface area contributed by atoms with Gasteiger partial charge in [0.2, 0.25) is 0 Å². The summed E-state index contributed by atoms with van der Waals surface area (Å²) in [7, 11) is -3.90. The Hall–Kier alpha value is -4.22. The van der Waals surface area contributed by atoms with Gasteiger partial charge in [-0.25, -0.2) is 27.2 Å². The molecular weight excluding hydrogens is 542 g/mol. The molecule has 2 atom stereocenters. The normalized spacial score (nSPS) is 17.9. The van der Waals surface area contributed by atoms with Gasteiger partial charge < -0.3 is 15.5 Å². The van der Waals surface area contributed by atoms with Crippen molar-refractivity contribution in [2.75, 3.05) is 0 Å². The molecule has 0 bridgehead atoms. The molecule has 3 aromatic heterocycles. The van der Waals surface area contributed by atoms with Crippen molar-refractivity contribution >= 4 is 32.8 Å². The summed E-state index contributed by atoms with van der Waals surface area (Å²) in [5.74, 6) is 0.681. The van der Waals surface area contributed by atoms with Crippen LogP contribution >= 0.6 is 0 Å². The maximum absolute atomic E-state index is 13.6. The molecule has 3 N–H and O–H groups in total. The molecule has 1 aliphatic carbocycles. The highest BCUT2D eigenvalue weighted by Gasteiger charge is 2.32. The summed E-state index contributed by atoms with van der Waals surface area (Å²) in [5, 5.41) is 22.2. The van der Waals surface area contributed by atoms with Crippen LogP contribution in [0.25, 0.3) is 27.9 Å². The predicted octanol–water partition coefficient (Wildman–Crippen LogP) is 5.03. The highest BCUT2D eigenvalue weighted by atomic mass is 32.2. The van der Waals surface area contributed by atoms with Crippen molar-refractivity contribution in [3.8, 4) is 11.3 Å². The first kappa shape index (κ1) is 27.0. The van der Waals surface area contributed by atoms with Crippen molar-refractivity contribution in [3.63, 3.8) is 0 Å². The van der Waals surface area contributed by atoms with E-state index in [1.165, 1.54) is 10.2 Å². The second-order valence-corrected chi connectivity index (χ2v) is 13.0. The van der Waals surface area contributed by atoms with Gasteiger partial charge in [0.1, 0.15) is 5.82 Å². The van der Waals surface area contributed by atoms with Crippen molar-refractivity contribution in [1.29, 1.82) is 0 Å². The summed E-state index contributed by atoms with van der Waals surface area (Å²) in [6, 6.07) is 15.8. The van der Waals surface area contributed by atoms with Gasteiger partial charge in [-0.05, 0) is 63.8 Å². The monoisotopic (exact) mass is 573 g/mol. The average molecular weight is 574 g/mol. The molecule has 1 saturated carbocycles. The Kier molecular flexibility index (Phi) is 6.39. The molecule has 0 radical (unpaired) electrons. The number of hydrogen-bond acceptors (Lipinski definition) is 6. The number of imidazole rings is 1. The molecule has 6 rings (SSSR count). The van der Waals surface area contributed by atoms with Crippen LogP contribution in [0.2, 0.25) is 0 Å². The lowest BCUT2D eigenvalue weighted by molar-refractivity contribution is 0.0786. The fourth-order valence-electron chi connectivity index (χ4n) is 5.70. The van der Waals surface area contributed by atoms with E-state index < -0.39 is 21.7 Å². The number of carboxylic acid groups (broad SMARTS) is 1. The van der Waals surface area contributed by atoms with E-state index in [9.17, 15) is 23.4 Å². The molecular formula is C30H31N5O5S. The van der Waals surface area contributed by atoms with Crippen LogP contribution in [0.5, 0.6) is 0 Å². The van der Waals surface area contributed by atoms with Crippen LogP contribution in [0.15, 0.2) is 71.9 Å². The molecule has 3 heterocycles. The smallest absolute Gasteiger partial charge is 0.404 e. The topological polar surface area (TPSA) is 139 Å². The minimum Gasteiger partial charge on any atom is -0.465 e. The van der Waals surface area contributed by atoms with Crippen LogP contribution in [-0.4, -0.2) is 49.1 Å². The van der Waals surface area contributed by atoms with E-state index in [1.807, 2.05) is 35.6 Å². The molecule has 1 amide bonds. The fraction of sp³-hybridized carbons (Fsp3) is 0.300. The SMILES string of the molecule is Cc1ccc(S(=O)(=O)n2ccc3c2ncc2c(-c4ccc(C(C)(C)O)cc4)nc([C@@H]4CC[C@H](NC(=O)O)C4)n23)cc1. The molecule has 0 spiro atoms. The lowest BCUT2D eigenvalue weighted by Crippen LogP contribution is -2.31. The molecule has 1 fully saturated rings. The van der Waals surface area contributed by atoms with Gasteiger partial charge in [-0.3, -0.25) is 4.40 Å². The zero-order valence-corrected chi connectivity index (χ0v) is 23.8. The zero-order valence-electron chi connectivity index (χ0n) is 22.9. The standard InChI is InChI=1S/C30H31N5O5S/c1-18-4-12-23(13-5-18)41(39,40)34-15-14-24-28(34)31-17-25-26(19-6-9-21(10-7-19)30(2,3)38)33-27(35(24)25)20-8-11-22(16-20)32-29(36)37/h4-7,9-10,12-15,17,20,22,32,38H,8,11,16H2,1-3H3,(H,36,37)/t20-,22+/m1/s1. The molecule has 41 heavy (non-hydrogen) atoms. The van der Waals surface area contributed by atoms with Gasteiger partial charge in [0.25, 0.3) is 10.0 Å². The van der Waals surface area contributed by atoms with Crippen LogP contribution in [0.1, 0.15) is 56.0 Å². The van der Waals surface area contributed by atoms with Crippen LogP contribution in [0.3, 0.4) is 0 Å². The Balaban J connectivity index is 1.53. The number of aryl methyl sites for hydroxylation is 1. The summed E-state index contributed by atoms with van der Waals surface area (Å²) >= 11 is 0. The number of carbonyl (C=O) groups is 1. The van der Waals surface area contributed by atoms with Gasteiger partial charge in [-0.15, -0.1) is 0 Å². The first-order valence-electron chi connectivity index (χ1n) is 13.5. The van der Waals surface area contributed by atoms with Crippen LogP contribution in [-0.2, 0) is 15.6 Å². The van der Waals surface area contributed by atoms with Crippen molar-refractivity contribution < 1.29 is 23.4 Å². The maximum atomic E-state index is 13.6. The summed E-state index contributed by atoms with van der Waals surface area (Å²) < 4.78 is 30.3. The number of nitrogens with zero attached hydrogens (tertiary/aromatic N) is 4. The Bertz CT molecular complexity index is 1880. The molecule has 0 saturated heterocycles. The van der Waals surface area contributed by atoms with Crippen molar-refractivity contribution in [2.45, 2.75) is 62.5 Å². The van der Waals surface area contributed by atoms with E-state index in [-0.39, 0.29) is 22.5 Å². The van der Waals surface area contributed by atoms with Crippen molar-refractivity contribution in [2.24, 2.45) is 0 Å². The number of aromatic nitrogens is 4. The molecule has 10 nitrogen and oxygen atoms in total.